The van der Waals surface area contributed by atoms with E-state index < -0.39 is 0 Å². The van der Waals surface area contributed by atoms with Gasteiger partial charge in [-0.2, -0.15) is 0 Å². The fourth-order valence-electron chi connectivity index (χ4n) is 0.977. The van der Waals surface area contributed by atoms with Gasteiger partial charge in [0.2, 0.25) is 0 Å². The maximum Gasteiger partial charge on any atom is 0.275 e. The smallest absolute Gasteiger partial charge is 0.275 e. The summed E-state index contributed by atoms with van der Waals surface area (Å²) in [5, 5.41) is 0. The lowest BCUT2D eigenvalue weighted by Crippen LogP contribution is -2.24. The lowest BCUT2D eigenvalue weighted by Gasteiger charge is -2.05. The van der Waals surface area contributed by atoms with Gasteiger partial charge in [-0.15, -0.1) is 0 Å². The zero-order valence-electron chi connectivity index (χ0n) is 8.65. The molecule has 0 saturated heterocycles. The average molecular weight is 211 g/mol. The third-order valence-electron chi connectivity index (χ3n) is 1.67. The lowest BCUT2D eigenvalue weighted by atomic mass is 10.2. The first-order valence-electron chi connectivity index (χ1n) is 4.33. The average Bonchev–Trinajstić information content (AvgIpc) is 2.29. The van der Waals surface area contributed by atoms with Crippen molar-refractivity contribution in [3.63, 3.8) is 0 Å². The van der Waals surface area contributed by atoms with Crippen molar-refractivity contribution in [1.82, 2.24) is 5.48 Å². The van der Waals surface area contributed by atoms with Crippen molar-refractivity contribution < 1.29 is 19.1 Å². The van der Waals surface area contributed by atoms with Gasteiger partial charge in [0.25, 0.3) is 5.91 Å². The Bertz CT molecular complexity index is 327. The SMILES string of the molecule is COCONC(=O)c1cccc(OC)c1. The van der Waals surface area contributed by atoms with Gasteiger partial charge in [-0.1, -0.05) is 6.07 Å². The Labute approximate surface area is 87.9 Å². The van der Waals surface area contributed by atoms with Crippen LogP contribution in [0.1, 0.15) is 10.4 Å². The highest BCUT2D eigenvalue weighted by Crippen LogP contribution is 2.12. The van der Waals surface area contributed by atoms with Crippen molar-refractivity contribution in [3.05, 3.63) is 29.8 Å². The number of amides is 1. The monoisotopic (exact) mass is 211 g/mol. The van der Waals surface area contributed by atoms with Crippen LogP contribution < -0.4 is 10.2 Å². The van der Waals surface area contributed by atoms with Crippen LogP contribution in [0.15, 0.2) is 24.3 Å². The minimum absolute atomic E-state index is 0.00963. The molecule has 0 aliphatic rings. The van der Waals surface area contributed by atoms with Gasteiger partial charge < -0.3 is 9.47 Å². The van der Waals surface area contributed by atoms with Gasteiger partial charge in [-0.05, 0) is 18.2 Å². The van der Waals surface area contributed by atoms with E-state index in [1.165, 1.54) is 7.11 Å². The molecule has 0 aromatic heterocycles. The number of rotatable bonds is 5. The molecule has 5 nitrogen and oxygen atoms in total. The summed E-state index contributed by atoms with van der Waals surface area (Å²) in [7, 11) is 3.01. The van der Waals surface area contributed by atoms with Crippen molar-refractivity contribution in [3.8, 4) is 5.75 Å². The summed E-state index contributed by atoms with van der Waals surface area (Å²) in [6.07, 6.45) is 0. The van der Waals surface area contributed by atoms with Crippen LogP contribution in [-0.2, 0) is 9.57 Å². The van der Waals surface area contributed by atoms with Crippen LogP contribution in [0.3, 0.4) is 0 Å². The first kappa shape index (κ1) is 11.5. The summed E-state index contributed by atoms with van der Waals surface area (Å²) in [4.78, 5) is 16.2. The van der Waals surface area contributed by atoms with Crippen LogP contribution in [0.4, 0.5) is 0 Å². The topological polar surface area (TPSA) is 56.8 Å². The predicted molar refractivity (Wildman–Crippen MR) is 53.4 cm³/mol. The van der Waals surface area contributed by atoms with Crippen molar-refractivity contribution in [2.75, 3.05) is 21.0 Å². The Balaban J connectivity index is 2.57. The molecule has 0 saturated carbocycles. The molecule has 82 valence electrons. The van der Waals surface area contributed by atoms with Crippen LogP contribution in [0.2, 0.25) is 0 Å². The minimum Gasteiger partial charge on any atom is -0.497 e. The molecule has 1 rings (SSSR count). The Morgan fingerprint density at radius 3 is 2.87 bits per heavy atom. The lowest BCUT2D eigenvalue weighted by molar-refractivity contribution is -0.0704. The number of hydroxylamine groups is 1. The van der Waals surface area contributed by atoms with Crippen LogP contribution in [0.5, 0.6) is 5.75 Å². The Kier molecular flexibility index (Phi) is 4.59. The summed E-state index contributed by atoms with van der Waals surface area (Å²) in [6.45, 7) is 0.00963. The highest BCUT2D eigenvalue weighted by Gasteiger charge is 2.05. The summed E-state index contributed by atoms with van der Waals surface area (Å²) in [5.41, 5.74) is 2.70. The van der Waals surface area contributed by atoms with Crippen LogP contribution >= 0.6 is 0 Å². The van der Waals surface area contributed by atoms with E-state index >= 15 is 0 Å². The van der Waals surface area contributed by atoms with Crippen LogP contribution in [-0.4, -0.2) is 26.9 Å². The van der Waals surface area contributed by atoms with Gasteiger partial charge in [0, 0.05) is 12.7 Å². The molecule has 0 radical (unpaired) electrons. The Morgan fingerprint density at radius 2 is 2.20 bits per heavy atom. The van der Waals surface area contributed by atoms with E-state index in [-0.39, 0.29) is 12.7 Å². The molecule has 0 spiro atoms. The molecule has 0 fully saturated rings. The third-order valence-corrected chi connectivity index (χ3v) is 1.67. The number of carbonyl (C=O) groups excluding carboxylic acids is 1. The second-order valence-electron chi connectivity index (χ2n) is 2.71. The van der Waals surface area contributed by atoms with Gasteiger partial charge in [-0.3, -0.25) is 4.79 Å². The molecule has 0 heterocycles. The largest absolute Gasteiger partial charge is 0.497 e. The first-order chi connectivity index (χ1) is 7.27. The number of nitrogens with one attached hydrogen (secondary N) is 1. The van der Waals surface area contributed by atoms with E-state index in [1.807, 2.05) is 0 Å². The van der Waals surface area contributed by atoms with E-state index in [1.54, 1.807) is 31.4 Å². The summed E-state index contributed by atoms with van der Waals surface area (Å²) < 4.78 is 9.60. The standard InChI is InChI=1S/C10H13NO4/c1-13-7-15-11-10(12)8-4-3-5-9(6-8)14-2/h3-6H,7H2,1-2H3,(H,11,12). The molecule has 0 aliphatic heterocycles. The van der Waals surface area contributed by atoms with Crippen molar-refractivity contribution in [1.29, 1.82) is 0 Å². The Hall–Kier alpha value is -1.59. The van der Waals surface area contributed by atoms with E-state index in [4.69, 9.17) is 9.57 Å². The van der Waals surface area contributed by atoms with Gasteiger partial charge in [0.15, 0.2) is 6.79 Å². The number of carbonyl (C=O) groups is 1. The van der Waals surface area contributed by atoms with E-state index in [2.05, 4.69) is 10.2 Å². The Morgan fingerprint density at radius 1 is 1.40 bits per heavy atom. The number of benzene rings is 1. The maximum atomic E-state index is 11.4. The molecule has 1 aromatic carbocycles. The second kappa shape index (κ2) is 6.00. The van der Waals surface area contributed by atoms with Gasteiger partial charge in [-0.25, -0.2) is 10.3 Å². The number of ether oxygens (including phenoxy) is 2. The van der Waals surface area contributed by atoms with Crippen molar-refractivity contribution in [2.24, 2.45) is 0 Å². The molecule has 0 unspecified atom stereocenters. The normalized spacial score (nSPS) is 9.73. The highest BCUT2D eigenvalue weighted by atomic mass is 16.8. The zero-order valence-corrected chi connectivity index (χ0v) is 8.65. The fraction of sp³-hybridized carbons (Fsp3) is 0.300. The molecule has 0 aliphatic carbocycles. The number of methoxy groups -OCH3 is 2. The second-order valence-corrected chi connectivity index (χ2v) is 2.71. The summed E-state index contributed by atoms with van der Waals surface area (Å²) in [6, 6.07) is 6.76. The fourth-order valence-corrected chi connectivity index (χ4v) is 0.977. The molecular weight excluding hydrogens is 198 g/mol. The number of hydrogen-bond acceptors (Lipinski definition) is 4. The third kappa shape index (κ3) is 3.57. The molecular formula is C10H13NO4. The summed E-state index contributed by atoms with van der Waals surface area (Å²) in [5.74, 6) is 0.278. The van der Waals surface area contributed by atoms with E-state index in [0.717, 1.165) is 0 Å². The molecule has 1 N–H and O–H groups in total. The van der Waals surface area contributed by atoms with Crippen LogP contribution in [0, 0.1) is 0 Å². The first-order valence-corrected chi connectivity index (χ1v) is 4.33. The summed E-state index contributed by atoms with van der Waals surface area (Å²) >= 11 is 0. The van der Waals surface area contributed by atoms with E-state index in [9.17, 15) is 4.79 Å². The molecule has 0 bridgehead atoms. The molecule has 5 heteroatoms. The minimum atomic E-state index is -0.342. The van der Waals surface area contributed by atoms with Gasteiger partial charge in [0.05, 0.1) is 7.11 Å². The molecule has 0 atom stereocenters. The predicted octanol–water partition coefficient (Wildman–Crippen LogP) is 0.960. The van der Waals surface area contributed by atoms with Crippen molar-refractivity contribution in [2.45, 2.75) is 0 Å². The quantitative estimate of drug-likeness (QED) is 0.447. The molecule has 15 heavy (non-hydrogen) atoms. The van der Waals surface area contributed by atoms with E-state index in [0.29, 0.717) is 11.3 Å². The maximum absolute atomic E-state index is 11.4. The zero-order chi connectivity index (χ0) is 11.1. The van der Waals surface area contributed by atoms with Crippen LogP contribution in [0.25, 0.3) is 0 Å². The highest BCUT2D eigenvalue weighted by molar-refractivity contribution is 5.93. The van der Waals surface area contributed by atoms with Crippen molar-refractivity contribution >= 4 is 5.91 Å². The van der Waals surface area contributed by atoms with Gasteiger partial charge in [0.1, 0.15) is 5.75 Å². The molecule has 1 amide bonds. The molecule has 1 aromatic rings. The van der Waals surface area contributed by atoms with Gasteiger partial charge >= 0.3 is 0 Å². The number of hydrogen-bond donors (Lipinski definition) is 1.